The van der Waals surface area contributed by atoms with Crippen molar-refractivity contribution in [1.82, 2.24) is 0 Å². The highest BCUT2D eigenvalue weighted by atomic mass is 16.3. The highest BCUT2D eigenvalue weighted by Gasteiger charge is 2.03. The minimum Gasteiger partial charge on any atom is -0.513 e. The molecule has 0 aliphatic rings. The standard InChI is InChI=1S/C9H18O2/c1-3-4-5-6-9(11)7-8(2)10/h9-11H,2-7H2,1H3. The van der Waals surface area contributed by atoms with Gasteiger partial charge in [-0.3, -0.25) is 0 Å². The lowest BCUT2D eigenvalue weighted by molar-refractivity contribution is 0.146. The number of hydrogen-bond donors (Lipinski definition) is 2. The van der Waals surface area contributed by atoms with Crippen molar-refractivity contribution >= 4 is 0 Å². The maximum atomic E-state index is 9.23. The van der Waals surface area contributed by atoms with Gasteiger partial charge in [0.25, 0.3) is 0 Å². The second-order valence-corrected chi connectivity index (χ2v) is 2.92. The highest BCUT2D eigenvalue weighted by Crippen LogP contribution is 2.08. The Kier molecular flexibility index (Phi) is 5.94. The molecule has 0 aromatic rings. The molecule has 0 saturated heterocycles. The molecule has 0 spiro atoms. The van der Waals surface area contributed by atoms with Gasteiger partial charge in [-0.25, -0.2) is 0 Å². The third-order valence-corrected chi connectivity index (χ3v) is 1.61. The van der Waals surface area contributed by atoms with Crippen molar-refractivity contribution in [3.8, 4) is 0 Å². The van der Waals surface area contributed by atoms with Crippen molar-refractivity contribution in [3.63, 3.8) is 0 Å². The summed E-state index contributed by atoms with van der Waals surface area (Å²) in [4.78, 5) is 0. The predicted octanol–water partition coefficient (Wildman–Crippen LogP) is 2.39. The van der Waals surface area contributed by atoms with E-state index in [9.17, 15) is 5.11 Å². The fourth-order valence-electron chi connectivity index (χ4n) is 1.00. The minimum atomic E-state index is -0.404. The third-order valence-electron chi connectivity index (χ3n) is 1.61. The first kappa shape index (κ1) is 10.5. The van der Waals surface area contributed by atoms with Crippen LogP contribution in [0.2, 0.25) is 0 Å². The molecular formula is C9H18O2. The average molecular weight is 158 g/mol. The van der Waals surface area contributed by atoms with E-state index in [0.29, 0.717) is 6.42 Å². The Bertz CT molecular complexity index is 110. The zero-order chi connectivity index (χ0) is 8.69. The van der Waals surface area contributed by atoms with Crippen molar-refractivity contribution in [2.24, 2.45) is 0 Å². The Morgan fingerprint density at radius 1 is 1.45 bits per heavy atom. The smallest absolute Gasteiger partial charge is 0.0876 e. The number of rotatable bonds is 6. The normalized spacial score (nSPS) is 12.9. The summed E-state index contributed by atoms with van der Waals surface area (Å²) in [5.41, 5.74) is 0. The third kappa shape index (κ3) is 7.40. The van der Waals surface area contributed by atoms with E-state index in [1.165, 1.54) is 0 Å². The highest BCUT2D eigenvalue weighted by molar-refractivity contribution is 4.81. The monoisotopic (exact) mass is 158 g/mol. The van der Waals surface area contributed by atoms with Gasteiger partial charge in [0.1, 0.15) is 0 Å². The van der Waals surface area contributed by atoms with E-state index in [2.05, 4.69) is 13.5 Å². The molecule has 1 atom stereocenters. The molecule has 2 heteroatoms. The van der Waals surface area contributed by atoms with Gasteiger partial charge in [0.2, 0.25) is 0 Å². The molecule has 0 bridgehead atoms. The van der Waals surface area contributed by atoms with Gasteiger partial charge in [0, 0.05) is 6.42 Å². The molecule has 0 radical (unpaired) electrons. The first-order chi connectivity index (χ1) is 5.16. The van der Waals surface area contributed by atoms with Gasteiger partial charge in [-0.15, -0.1) is 0 Å². The summed E-state index contributed by atoms with van der Waals surface area (Å²) in [6.45, 7) is 5.44. The molecule has 0 saturated carbocycles. The lowest BCUT2D eigenvalue weighted by Gasteiger charge is -2.07. The Hall–Kier alpha value is -0.500. The summed E-state index contributed by atoms with van der Waals surface area (Å²) in [5.74, 6) is 0.0778. The molecule has 0 amide bonds. The second kappa shape index (κ2) is 6.23. The fraction of sp³-hybridized carbons (Fsp3) is 0.778. The fourth-order valence-corrected chi connectivity index (χ4v) is 1.00. The van der Waals surface area contributed by atoms with Crippen LogP contribution in [0.4, 0.5) is 0 Å². The molecule has 0 aliphatic heterocycles. The summed E-state index contributed by atoms with van der Waals surface area (Å²) in [7, 11) is 0. The van der Waals surface area contributed by atoms with Crippen molar-refractivity contribution in [2.45, 2.75) is 45.1 Å². The Balaban J connectivity index is 3.22. The number of aliphatic hydroxyl groups is 2. The van der Waals surface area contributed by atoms with Gasteiger partial charge in [0.05, 0.1) is 11.9 Å². The van der Waals surface area contributed by atoms with Crippen molar-refractivity contribution in [2.75, 3.05) is 0 Å². The summed E-state index contributed by atoms with van der Waals surface area (Å²) >= 11 is 0. The van der Waals surface area contributed by atoms with E-state index in [-0.39, 0.29) is 5.76 Å². The van der Waals surface area contributed by atoms with Gasteiger partial charge in [-0.2, -0.15) is 0 Å². The topological polar surface area (TPSA) is 40.5 Å². The van der Waals surface area contributed by atoms with Crippen LogP contribution in [-0.4, -0.2) is 16.3 Å². The van der Waals surface area contributed by atoms with Crippen molar-refractivity contribution < 1.29 is 10.2 Å². The first-order valence-electron chi connectivity index (χ1n) is 4.21. The molecule has 0 fully saturated rings. The van der Waals surface area contributed by atoms with Gasteiger partial charge >= 0.3 is 0 Å². The number of aliphatic hydroxyl groups excluding tert-OH is 2. The van der Waals surface area contributed by atoms with Gasteiger partial charge < -0.3 is 10.2 Å². The quantitative estimate of drug-likeness (QED) is 0.460. The summed E-state index contributed by atoms with van der Waals surface area (Å²) in [6, 6.07) is 0. The van der Waals surface area contributed by atoms with Crippen LogP contribution in [0.15, 0.2) is 12.3 Å². The average Bonchev–Trinajstić information content (AvgIpc) is 1.86. The molecule has 0 aromatic heterocycles. The zero-order valence-corrected chi connectivity index (χ0v) is 7.21. The molecule has 0 heterocycles. The van der Waals surface area contributed by atoms with E-state index in [0.717, 1.165) is 25.7 Å². The minimum absolute atomic E-state index is 0.0778. The summed E-state index contributed by atoms with van der Waals surface area (Å²) < 4.78 is 0. The van der Waals surface area contributed by atoms with Crippen LogP contribution >= 0.6 is 0 Å². The van der Waals surface area contributed by atoms with Gasteiger partial charge in [-0.1, -0.05) is 32.8 Å². The molecular weight excluding hydrogens is 140 g/mol. The van der Waals surface area contributed by atoms with Crippen molar-refractivity contribution in [1.29, 1.82) is 0 Å². The maximum Gasteiger partial charge on any atom is 0.0876 e. The van der Waals surface area contributed by atoms with Crippen LogP contribution in [0.3, 0.4) is 0 Å². The van der Waals surface area contributed by atoms with E-state index in [1.807, 2.05) is 0 Å². The molecule has 0 aliphatic carbocycles. The largest absolute Gasteiger partial charge is 0.513 e. The van der Waals surface area contributed by atoms with E-state index in [4.69, 9.17) is 5.11 Å². The molecule has 11 heavy (non-hydrogen) atoms. The Morgan fingerprint density at radius 3 is 2.55 bits per heavy atom. The second-order valence-electron chi connectivity index (χ2n) is 2.92. The van der Waals surface area contributed by atoms with Crippen LogP contribution in [0.1, 0.15) is 39.0 Å². The Labute approximate surface area is 68.6 Å². The zero-order valence-electron chi connectivity index (χ0n) is 7.21. The van der Waals surface area contributed by atoms with Crippen LogP contribution in [0, 0.1) is 0 Å². The predicted molar refractivity (Wildman–Crippen MR) is 46.5 cm³/mol. The van der Waals surface area contributed by atoms with E-state index in [1.54, 1.807) is 0 Å². The molecule has 2 nitrogen and oxygen atoms in total. The van der Waals surface area contributed by atoms with Crippen molar-refractivity contribution in [3.05, 3.63) is 12.3 Å². The maximum absolute atomic E-state index is 9.23. The molecule has 1 unspecified atom stereocenters. The van der Waals surface area contributed by atoms with Crippen LogP contribution in [-0.2, 0) is 0 Å². The lowest BCUT2D eigenvalue weighted by Crippen LogP contribution is -2.06. The van der Waals surface area contributed by atoms with Gasteiger partial charge in [0.15, 0.2) is 0 Å². The summed E-state index contributed by atoms with van der Waals surface area (Å²) in [5, 5.41) is 18.0. The van der Waals surface area contributed by atoms with Crippen LogP contribution < -0.4 is 0 Å². The first-order valence-corrected chi connectivity index (χ1v) is 4.21. The molecule has 0 rings (SSSR count). The van der Waals surface area contributed by atoms with E-state index < -0.39 is 6.10 Å². The number of hydrogen-bond acceptors (Lipinski definition) is 2. The van der Waals surface area contributed by atoms with E-state index >= 15 is 0 Å². The Morgan fingerprint density at radius 2 is 2.09 bits per heavy atom. The van der Waals surface area contributed by atoms with Crippen LogP contribution in [0.25, 0.3) is 0 Å². The lowest BCUT2D eigenvalue weighted by atomic mass is 10.1. The molecule has 66 valence electrons. The summed E-state index contributed by atoms with van der Waals surface area (Å²) in [6.07, 6.45) is 4.03. The molecule has 2 N–H and O–H groups in total. The SMILES string of the molecule is C=C(O)CC(O)CCCCC. The van der Waals surface area contributed by atoms with Crippen LogP contribution in [0.5, 0.6) is 0 Å². The van der Waals surface area contributed by atoms with Gasteiger partial charge in [-0.05, 0) is 6.42 Å². The molecule has 0 aromatic carbocycles. The number of unbranched alkanes of at least 4 members (excludes halogenated alkanes) is 2.